The van der Waals surface area contributed by atoms with Gasteiger partial charge in [-0.25, -0.2) is 0 Å². The second kappa shape index (κ2) is 6.67. The van der Waals surface area contributed by atoms with Crippen LogP contribution < -0.4 is 10.1 Å². The lowest BCUT2D eigenvalue weighted by Crippen LogP contribution is -2.22. The molecule has 0 aliphatic rings. The highest BCUT2D eigenvalue weighted by atomic mass is 35.5. The number of aryl methyl sites for hydroxylation is 1. The summed E-state index contributed by atoms with van der Waals surface area (Å²) in [6, 6.07) is 6.59. The average Bonchev–Trinajstić information content (AvgIpc) is 2.24. The molecule has 0 aliphatic carbocycles. The van der Waals surface area contributed by atoms with Crippen molar-refractivity contribution in [3.05, 3.63) is 40.9 Å². The highest BCUT2D eigenvalue weighted by molar-refractivity contribution is 6.29. The smallest absolute Gasteiger partial charge is 0.124 e. The van der Waals surface area contributed by atoms with Crippen molar-refractivity contribution in [1.82, 2.24) is 5.32 Å². The number of halogens is 1. The van der Waals surface area contributed by atoms with Crippen molar-refractivity contribution < 1.29 is 4.74 Å². The topological polar surface area (TPSA) is 21.3 Å². The van der Waals surface area contributed by atoms with Gasteiger partial charge in [-0.05, 0) is 13.0 Å². The monoisotopic (exact) mass is 253 g/mol. The van der Waals surface area contributed by atoms with Crippen molar-refractivity contribution in [3.63, 3.8) is 0 Å². The molecule has 17 heavy (non-hydrogen) atoms. The van der Waals surface area contributed by atoms with Crippen LogP contribution in [0.2, 0.25) is 0 Å². The van der Waals surface area contributed by atoms with Crippen molar-refractivity contribution in [2.75, 3.05) is 6.61 Å². The number of hydrogen-bond donors (Lipinski definition) is 1. The standard InChI is InChI=1S/C14H20ClNO/c1-10(2)16-8-13-7-11(3)5-6-14(13)17-9-12(4)15/h5-7,10,16H,4,8-9H2,1-3H3. The fourth-order valence-electron chi connectivity index (χ4n) is 1.46. The Hall–Kier alpha value is -0.990. The van der Waals surface area contributed by atoms with E-state index in [0.29, 0.717) is 17.7 Å². The molecule has 1 rings (SSSR count). The van der Waals surface area contributed by atoms with Crippen LogP contribution in [0.4, 0.5) is 0 Å². The van der Waals surface area contributed by atoms with Crippen LogP contribution in [0.25, 0.3) is 0 Å². The number of benzene rings is 1. The molecule has 2 nitrogen and oxygen atoms in total. The molecule has 94 valence electrons. The summed E-state index contributed by atoms with van der Waals surface area (Å²) in [5, 5.41) is 3.89. The highest BCUT2D eigenvalue weighted by Crippen LogP contribution is 2.21. The molecule has 0 bridgehead atoms. The van der Waals surface area contributed by atoms with E-state index in [-0.39, 0.29) is 0 Å². The molecule has 0 saturated heterocycles. The van der Waals surface area contributed by atoms with Gasteiger partial charge in [-0.3, -0.25) is 0 Å². The van der Waals surface area contributed by atoms with Crippen molar-refractivity contribution in [1.29, 1.82) is 0 Å². The number of rotatable bonds is 6. The minimum atomic E-state index is 0.347. The van der Waals surface area contributed by atoms with Gasteiger partial charge in [-0.1, -0.05) is 49.7 Å². The van der Waals surface area contributed by atoms with Crippen LogP contribution in [0.15, 0.2) is 29.8 Å². The third-order valence-electron chi connectivity index (χ3n) is 2.30. The minimum absolute atomic E-state index is 0.347. The molecule has 0 fully saturated rings. The van der Waals surface area contributed by atoms with E-state index in [1.165, 1.54) is 5.56 Å². The first-order valence-electron chi connectivity index (χ1n) is 5.78. The fraction of sp³-hybridized carbons (Fsp3) is 0.429. The van der Waals surface area contributed by atoms with Gasteiger partial charge in [-0.2, -0.15) is 0 Å². The van der Waals surface area contributed by atoms with Crippen molar-refractivity contribution in [2.24, 2.45) is 0 Å². The zero-order chi connectivity index (χ0) is 12.8. The Morgan fingerprint density at radius 3 is 2.76 bits per heavy atom. The van der Waals surface area contributed by atoms with E-state index in [2.05, 4.69) is 38.7 Å². The summed E-state index contributed by atoms with van der Waals surface area (Å²) in [5.74, 6) is 0.866. The Balaban J connectivity index is 2.76. The van der Waals surface area contributed by atoms with Gasteiger partial charge in [0.2, 0.25) is 0 Å². The van der Waals surface area contributed by atoms with Crippen LogP contribution in [0.5, 0.6) is 5.75 Å². The van der Waals surface area contributed by atoms with Gasteiger partial charge >= 0.3 is 0 Å². The SMILES string of the molecule is C=C(Cl)COc1ccc(C)cc1CNC(C)C. The van der Waals surface area contributed by atoms with Gasteiger partial charge in [0.05, 0.1) is 0 Å². The molecule has 0 saturated carbocycles. The van der Waals surface area contributed by atoms with Crippen LogP contribution >= 0.6 is 11.6 Å². The largest absolute Gasteiger partial charge is 0.488 e. The van der Waals surface area contributed by atoms with Gasteiger partial charge < -0.3 is 10.1 Å². The number of hydrogen-bond acceptors (Lipinski definition) is 2. The molecular formula is C14H20ClNO. The van der Waals surface area contributed by atoms with Crippen molar-refractivity contribution in [3.8, 4) is 5.75 Å². The van der Waals surface area contributed by atoms with Crippen molar-refractivity contribution in [2.45, 2.75) is 33.4 Å². The Labute approximate surface area is 109 Å². The van der Waals surface area contributed by atoms with Crippen LogP contribution in [0.1, 0.15) is 25.0 Å². The summed E-state index contributed by atoms with van der Waals surface area (Å²) >= 11 is 5.70. The maximum absolute atomic E-state index is 5.70. The van der Waals surface area contributed by atoms with E-state index in [0.717, 1.165) is 17.9 Å². The summed E-state index contributed by atoms with van der Waals surface area (Å²) < 4.78 is 5.61. The molecule has 0 aliphatic heterocycles. The summed E-state index contributed by atoms with van der Waals surface area (Å²) in [5.41, 5.74) is 2.37. The Morgan fingerprint density at radius 2 is 2.18 bits per heavy atom. The van der Waals surface area contributed by atoms with E-state index in [1.807, 2.05) is 12.1 Å². The maximum atomic E-state index is 5.70. The summed E-state index contributed by atoms with van der Waals surface area (Å²) in [4.78, 5) is 0. The first kappa shape index (κ1) is 14.1. The summed E-state index contributed by atoms with van der Waals surface area (Å²) in [7, 11) is 0. The lowest BCUT2D eigenvalue weighted by molar-refractivity contribution is 0.353. The van der Waals surface area contributed by atoms with Gasteiger partial charge in [0.15, 0.2) is 0 Å². The van der Waals surface area contributed by atoms with E-state index in [9.17, 15) is 0 Å². The van der Waals surface area contributed by atoms with Crippen LogP contribution in [-0.2, 0) is 6.54 Å². The molecule has 0 amide bonds. The first-order chi connectivity index (χ1) is 7.99. The third-order valence-corrected chi connectivity index (χ3v) is 2.41. The second-order valence-corrected chi connectivity index (χ2v) is 4.99. The molecular weight excluding hydrogens is 234 g/mol. The Morgan fingerprint density at radius 1 is 1.47 bits per heavy atom. The predicted molar refractivity (Wildman–Crippen MR) is 73.6 cm³/mol. The number of ether oxygens (including phenoxy) is 1. The van der Waals surface area contributed by atoms with E-state index < -0.39 is 0 Å². The molecule has 0 atom stereocenters. The fourth-order valence-corrected chi connectivity index (χ4v) is 1.51. The lowest BCUT2D eigenvalue weighted by Gasteiger charge is -2.14. The van der Waals surface area contributed by atoms with Gasteiger partial charge in [0.1, 0.15) is 12.4 Å². The molecule has 1 aromatic rings. The molecule has 0 aromatic heterocycles. The third kappa shape index (κ3) is 5.24. The van der Waals surface area contributed by atoms with Crippen LogP contribution in [0.3, 0.4) is 0 Å². The van der Waals surface area contributed by atoms with E-state index in [4.69, 9.17) is 16.3 Å². The molecule has 0 radical (unpaired) electrons. The van der Waals surface area contributed by atoms with Crippen molar-refractivity contribution >= 4 is 11.6 Å². The molecule has 1 aromatic carbocycles. The summed E-state index contributed by atoms with van der Waals surface area (Å²) in [6.07, 6.45) is 0. The zero-order valence-corrected chi connectivity index (χ0v) is 11.5. The molecule has 0 unspecified atom stereocenters. The molecule has 0 heterocycles. The van der Waals surface area contributed by atoms with E-state index in [1.54, 1.807) is 0 Å². The zero-order valence-electron chi connectivity index (χ0n) is 10.7. The maximum Gasteiger partial charge on any atom is 0.124 e. The molecule has 3 heteroatoms. The van der Waals surface area contributed by atoms with Gasteiger partial charge in [0, 0.05) is 23.2 Å². The quantitative estimate of drug-likeness (QED) is 0.836. The van der Waals surface area contributed by atoms with E-state index >= 15 is 0 Å². The Bertz CT molecular complexity index is 388. The van der Waals surface area contributed by atoms with Gasteiger partial charge in [-0.15, -0.1) is 0 Å². The molecule has 0 spiro atoms. The predicted octanol–water partition coefficient (Wildman–Crippen LogP) is 3.62. The first-order valence-corrected chi connectivity index (χ1v) is 6.16. The second-order valence-electron chi connectivity index (χ2n) is 4.45. The van der Waals surface area contributed by atoms with Crippen LogP contribution in [0, 0.1) is 6.92 Å². The number of nitrogens with one attached hydrogen (secondary N) is 1. The van der Waals surface area contributed by atoms with Crippen LogP contribution in [-0.4, -0.2) is 12.6 Å². The van der Waals surface area contributed by atoms with Gasteiger partial charge in [0.25, 0.3) is 0 Å². The lowest BCUT2D eigenvalue weighted by atomic mass is 10.1. The average molecular weight is 254 g/mol. The molecule has 1 N–H and O–H groups in total. The minimum Gasteiger partial charge on any atom is -0.488 e. The normalized spacial score (nSPS) is 10.6. The Kier molecular flexibility index (Phi) is 5.52. The highest BCUT2D eigenvalue weighted by Gasteiger charge is 2.05. The summed E-state index contributed by atoms with van der Waals surface area (Å²) in [6.45, 7) is 11.1.